The maximum atomic E-state index is 12.4. The van der Waals surface area contributed by atoms with Crippen LogP contribution in [-0.2, 0) is 12.8 Å². The van der Waals surface area contributed by atoms with Crippen LogP contribution < -0.4 is 4.74 Å². The Morgan fingerprint density at radius 1 is 1.45 bits per heavy atom. The van der Waals surface area contributed by atoms with Crippen molar-refractivity contribution in [3.8, 4) is 5.75 Å². The highest BCUT2D eigenvalue weighted by molar-refractivity contribution is 9.10. The smallest absolute Gasteiger partial charge is 0.169 e. The van der Waals surface area contributed by atoms with E-state index < -0.39 is 0 Å². The molecule has 3 nitrogen and oxygen atoms in total. The zero-order valence-electron chi connectivity index (χ0n) is 11.1. The summed E-state index contributed by atoms with van der Waals surface area (Å²) >= 11 is 3.50. The average Bonchev–Trinajstić information content (AvgIpc) is 2.87. The van der Waals surface area contributed by atoms with Gasteiger partial charge in [-0.05, 0) is 36.2 Å². The number of aryl methyl sites for hydroxylation is 1. The fourth-order valence-corrected chi connectivity index (χ4v) is 3.05. The van der Waals surface area contributed by atoms with Crippen molar-refractivity contribution in [1.82, 2.24) is 4.98 Å². The van der Waals surface area contributed by atoms with E-state index in [0.717, 1.165) is 27.8 Å². The molecule has 0 radical (unpaired) electrons. The third kappa shape index (κ3) is 2.48. The third-order valence-electron chi connectivity index (χ3n) is 3.52. The predicted octanol–water partition coefficient (Wildman–Crippen LogP) is 3.51. The molecule has 0 spiro atoms. The van der Waals surface area contributed by atoms with Crippen molar-refractivity contribution in [2.75, 3.05) is 6.61 Å². The molecule has 1 aromatic carbocycles. The molecule has 2 heterocycles. The van der Waals surface area contributed by atoms with Gasteiger partial charge in [-0.25, -0.2) is 0 Å². The van der Waals surface area contributed by atoms with Crippen LogP contribution in [0, 0.1) is 6.92 Å². The summed E-state index contributed by atoms with van der Waals surface area (Å²) in [5, 5.41) is 0. The number of hydrogen-bond donors (Lipinski definition) is 0. The summed E-state index contributed by atoms with van der Waals surface area (Å²) in [5.41, 5.74) is 3.75. The van der Waals surface area contributed by atoms with E-state index in [2.05, 4.69) is 27.0 Å². The molecule has 1 aliphatic rings. The van der Waals surface area contributed by atoms with Crippen molar-refractivity contribution in [3.63, 3.8) is 0 Å². The van der Waals surface area contributed by atoms with Crippen LogP contribution in [0.3, 0.4) is 0 Å². The Kier molecular flexibility index (Phi) is 3.57. The fraction of sp³-hybridized carbons (Fsp3) is 0.250. The van der Waals surface area contributed by atoms with Crippen molar-refractivity contribution >= 4 is 21.7 Å². The van der Waals surface area contributed by atoms with Crippen LogP contribution in [0.2, 0.25) is 0 Å². The van der Waals surface area contributed by atoms with Crippen LogP contribution in [-0.4, -0.2) is 17.4 Å². The minimum absolute atomic E-state index is 0.0754. The van der Waals surface area contributed by atoms with Gasteiger partial charge < -0.3 is 4.74 Å². The van der Waals surface area contributed by atoms with Crippen molar-refractivity contribution in [2.24, 2.45) is 0 Å². The van der Waals surface area contributed by atoms with E-state index in [4.69, 9.17) is 4.74 Å². The second-order valence-electron chi connectivity index (χ2n) is 4.94. The molecule has 0 amide bonds. The summed E-state index contributed by atoms with van der Waals surface area (Å²) in [6.45, 7) is 2.62. The molecule has 0 saturated carbocycles. The number of Topliss-reactive ketones (excluding diaryl/α,β-unsaturated/α-hetero) is 1. The minimum atomic E-state index is 0.0754. The van der Waals surface area contributed by atoms with E-state index >= 15 is 0 Å². The minimum Gasteiger partial charge on any atom is -0.493 e. The molecule has 102 valence electrons. The van der Waals surface area contributed by atoms with Gasteiger partial charge in [-0.1, -0.05) is 15.9 Å². The van der Waals surface area contributed by atoms with E-state index in [1.54, 1.807) is 12.4 Å². The first-order chi connectivity index (χ1) is 9.65. The number of hydrogen-bond acceptors (Lipinski definition) is 3. The van der Waals surface area contributed by atoms with Crippen molar-refractivity contribution < 1.29 is 9.53 Å². The first-order valence-corrected chi connectivity index (χ1v) is 7.32. The summed E-state index contributed by atoms with van der Waals surface area (Å²) in [6, 6.07) is 5.88. The van der Waals surface area contributed by atoms with Gasteiger partial charge in [0.05, 0.1) is 6.61 Å². The van der Waals surface area contributed by atoms with Gasteiger partial charge in [-0.15, -0.1) is 0 Å². The molecule has 0 unspecified atom stereocenters. The average molecular weight is 332 g/mol. The maximum absolute atomic E-state index is 12.4. The highest BCUT2D eigenvalue weighted by atomic mass is 79.9. The van der Waals surface area contributed by atoms with Gasteiger partial charge >= 0.3 is 0 Å². The van der Waals surface area contributed by atoms with Gasteiger partial charge in [0.2, 0.25) is 0 Å². The number of carbonyl (C=O) groups is 1. The standard InChI is InChI=1S/C16H14BrNO2/c1-10-2-4-18-9-14(10)15(19)8-12-7-13(17)6-11-3-5-20-16(11)12/h2,4,6-7,9H,3,5,8H2,1H3. The second kappa shape index (κ2) is 5.37. The quantitative estimate of drug-likeness (QED) is 0.808. The molecule has 1 aliphatic heterocycles. The Morgan fingerprint density at radius 2 is 2.30 bits per heavy atom. The molecule has 4 heteroatoms. The van der Waals surface area contributed by atoms with E-state index in [1.807, 2.05) is 19.1 Å². The Hall–Kier alpha value is -1.68. The Bertz CT molecular complexity index is 682. The Morgan fingerprint density at radius 3 is 3.10 bits per heavy atom. The Labute approximate surface area is 126 Å². The number of rotatable bonds is 3. The zero-order valence-corrected chi connectivity index (χ0v) is 12.7. The number of aromatic nitrogens is 1. The Balaban J connectivity index is 1.93. The van der Waals surface area contributed by atoms with Gasteiger partial charge in [-0.3, -0.25) is 9.78 Å². The lowest BCUT2D eigenvalue weighted by Gasteiger charge is -2.09. The molecule has 0 atom stereocenters. The topological polar surface area (TPSA) is 39.2 Å². The lowest BCUT2D eigenvalue weighted by atomic mass is 9.99. The number of benzene rings is 1. The van der Waals surface area contributed by atoms with Crippen molar-refractivity contribution in [1.29, 1.82) is 0 Å². The van der Waals surface area contributed by atoms with Gasteiger partial charge in [-0.2, -0.15) is 0 Å². The van der Waals surface area contributed by atoms with Crippen LogP contribution in [0.4, 0.5) is 0 Å². The molecule has 2 aromatic rings. The maximum Gasteiger partial charge on any atom is 0.169 e. The van der Waals surface area contributed by atoms with Crippen LogP contribution in [0.5, 0.6) is 5.75 Å². The number of ether oxygens (including phenoxy) is 1. The molecule has 0 saturated heterocycles. The highest BCUT2D eigenvalue weighted by Crippen LogP contribution is 2.33. The number of pyridine rings is 1. The number of ketones is 1. The SMILES string of the molecule is Cc1ccncc1C(=O)Cc1cc(Br)cc2c1OCC2. The normalized spacial score (nSPS) is 12.9. The first kappa shape index (κ1) is 13.3. The van der Waals surface area contributed by atoms with Gasteiger partial charge in [0, 0.05) is 40.8 Å². The molecule has 20 heavy (non-hydrogen) atoms. The molecule has 1 aromatic heterocycles. The molecular weight excluding hydrogens is 318 g/mol. The van der Waals surface area contributed by atoms with Gasteiger partial charge in [0.25, 0.3) is 0 Å². The van der Waals surface area contributed by atoms with E-state index in [9.17, 15) is 4.79 Å². The predicted molar refractivity (Wildman–Crippen MR) is 80.3 cm³/mol. The lowest BCUT2D eigenvalue weighted by molar-refractivity contribution is 0.0991. The summed E-state index contributed by atoms with van der Waals surface area (Å²) in [7, 11) is 0. The first-order valence-electron chi connectivity index (χ1n) is 6.53. The molecule has 0 aliphatic carbocycles. The molecule has 3 rings (SSSR count). The second-order valence-corrected chi connectivity index (χ2v) is 5.86. The van der Waals surface area contributed by atoms with Gasteiger partial charge in [0.15, 0.2) is 5.78 Å². The van der Waals surface area contributed by atoms with Crippen LogP contribution in [0.25, 0.3) is 0 Å². The molecule has 0 bridgehead atoms. The number of fused-ring (bicyclic) bond motifs is 1. The third-order valence-corrected chi connectivity index (χ3v) is 3.97. The fourth-order valence-electron chi connectivity index (χ4n) is 2.50. The van der Waals surface area contributed by atoms with Crippen LogP contribution >= 0.6 is 15.9 Å². The monoisotopic (exact) mass is 331 g/mol. The van der Waals surface area contributed by atoms with E-state index in [-0.39, 0.29) is 5.78 Å². The van der Waals surface area contributed by atoms with Crippen LogP contribution in [0.15, 0.2) is 35.1 Å². The van der Waals surface area contributed by atoms with Crippen molar-refractivity contribution in [3.05, 3.63) is 57.3 Å². The zero-order chi connectivity index (χ0) is 14.1. The molecule has 0 fully saturated rings. The molecular formula is C16H14BrNO2. The van der Waals surface area contributed by atoms with Gasteiger partial charge in [0.1, 0.15) is 5.75 Å². The highest BCUT2D eigenvalue weighted by Gasteiger charge is 2.20. The summed E-state index contributed by atoms with van der Waals surface area (Å²) in [4.78, 5) is 16.5. The summed E-state index contributed by atoms with van der Waals surface area (Å²) < 4.78 is 6.66. The number of halogens is 1. The summed E-state index contributed by atoms with van der Waals surface area (Å²) in [6.07, 6.45) is 4.58. The summed E-state index contributed by atoms with van der Waals surface area (Å²) in [5.74, 6) is 0.953. The largest absolute Gasteiger partial charge is 0.493 e. The number of nitrogens with zero attached hydrogens (tertiary/aromatic N) is 1. The van der Waals surface area contributed by atoms with Crippen LogP contribution in [0.1, 0.15) is 27.0 Å². The number of carbonyl (C=O) groups excluding carboxylic acids is 1. The van der Waals surface area contributed by atoms with E-state index in [1.165, 1.54) is 5.56 Å². The van der Waals surface area contributed by atoms with Crippen molar-refractivity contribution in [2.45, 2.75) is 19.8 Å². The van der Waals surface area contributed by atoms with E-state index in [0.29, 0.717) is 18.6 Å². The molecule has 0 N–H and O–H groups in total. The lowest BCUT2D eigenvalue weighted by Crippen LogP contribution is -2.07.